The molecule has 1 aromatic carbocycles. The predicted molar refractivity (Wildman–Crippen MR) is 76.4 cm³/mol. The number of aromatic carboxylic acids is 2. The van der Waals surface area contributed by atoms with Gasteiger partial charge in [-0.15, -0.1) is 0 Å². The van der Waals surface area contributed by atoms with Crippen molar-refractivity contribution in [1.82, 2.24) is 0 Å². The molecule has 0 aliphatic heterocycles. The highest BCUT2D eigenvalue weighted by Gasteiger charge is 2.16. The lowest BCUT2D eigenvalue weighted by atomic mass is 10.0. The van der Waals surface area contributed by atoms with E-state index < -0.39 is 11.9 Å². The van der Waals surface area contributed by atoms with Gasteiger partial charge in [-0.25, -0.2) is 9.59 Å². The van der Waals surface area contributed by atoms with E-state index >= 15 is 0 Å². The van der Waals surface area contributed by atoms with Crippen LogP contribution in [0.25, 0.3) is 0 Å². The molecule has 5 N–H and O–H groups in total. The van der Waals surface area contributed by atoms with Crippen LogP contribution in [0.4, 0.5) is 5.69 Å². The smallest absolute Gasteiger partial charge is 0.335 e. The molecule has 1 atom stereocenters. The van der Waals surface area contributed by atoms with Crippen molar-refractivity contribution < 1.29 is 24.6 Å². The number of carboxylic acid groups (broad SMARTS) is 2. The number of carboxylic acids is 2. The molecule has 0 bridgehead atoms. The number of anilines is 1. The van der Waals surface area contributed by atoms with Crippen molar-refractivity contribution in [3.8, 4) is 0 Å². The van der Waals surface area contributed by atoms with E-state index in [1.165, 1.54) is 12.1 Å². The van der Waals surface area contributed by atoms with Gasteiger partial charge in [0.25, 0.3) is 0 Å². The quantitative estimate of drug-likeness (QED) is 0.601. The summed E-state index contributed by atoms with van der Waals surface area (Å²) in [5, 5.41) is 20.4. The molecule has 1 unspecified atom stereocenters. The van der Waals surface area contributed by atoms with Crippen molar-refractivity contribution in [2.24, 2.45) is 11.7 Å². The molecule has 0 fully saturated rings. The first-order chi connectivity index (χ1) is 9.85. The summed E-state index contributed by atoms with van der Waals surface area (Å²) in [6, 6.07) is 3.49. The van der Waals surface area contributed by atoms with E-state index in [9.17, 15) is 14.4 Å². The van der Waals surface area contributed by atoms with Crippen LogP contribution < -0.4 is 11.1 Å². The van der Waals surface area contributed by atoms with Gasteiger partial charge in [-0.1, -0.05) is 6.92 Å². The largest absolute Gasteiger partial charge is 0.478 e. The van der Waals surface area contributed by atoms with Crippen molar-refractivity contribution in [2.75, 3.05) is 11.9 Å². The van der Waals surface area contributed by atoms with E-state index in [2.05, 4.69) is 5.32 Å². The lowest BCUT2D eigenvalue weighted by molar-refractivity contribution is -0.119. The SMILES string of the molecule is CC(CCCN)C(=O)Nc1cc(C(=O)O)cc(C(=O)O)c1. The fourth-order valence-corrected chi connectivity index (χ4v) is 1.77. The first kappa shape index (κ1) is 16.6. The second-order valence-electron chi connectivity index (χ2n) is 4.73. The van der Waals surface area contributed by atoms with E-state index in [1.807, 2.05) is 0 Å². The molecule has 1 amide bonds. The van der Waals surface area contributed by atoms with Gasteiger partial charge in [-0.3, -0.25) is 4.79 Å². The van der Waals surface area contributed by atoms with Crippen molar-refractivity contribution >= 4 is 23.5 Å². The summed E-state index contributed by atoms with van der Waals surface area (Å²) < 4.78 is 0. The Bertz CT molecular complexity index is 524. The molecule has 1 aromatic rings. The Labute approximate surface area is 121 Å². The van der Waals surface area contributed by atoms with Gasteiger partial charge in [-0.05, 0) is 37.6 Å². The van der Waals surface area contributed by atoms with E-state index in [1.54, 1.807) is 6.92 Å². The zero-order valence-corrected chi connectivity index (χ0v) is 11.6. The normalized spacial score (nSPS) is 11.7. The van der Waals surface area contributed by atoms with Crippen molar-refractivity contribution in [1.29, 1.82) is 0 Å². The molecule has 0 saturated heterocycles. The van der Waals surface area contributed by atoms with Crippen LogP contribution in [-0.2, 0) is 4.79 Å². The maximum absolute atomic E-state index is 11.9. The van der Waals surface area contributed by atoms with Crippen LogP contribution in [0.3, 0.4) is 0 Å². The summed E-state index contributed by atoms with van der Waals surface area (Å²) in [5.41, 5.74) is 5.13. The molecule has 21 heavy (non-hydrogen) atoms. The third-order valence-corrected chi connectivity index (χ3v) is 2.98. The molecule has 0 radical (unpaired) electrons. The average molecular weight is 294 g/mol. The minimum Gasteiger partial charge on any atom is -0.478 e. The van der Waals surface area contributed by atoms with E-state index in [0.29, 0.717) is 19.4 Å². The monoisotopic (exact) mass is 294 g/mol. The molecular weight excluding hydrogens is 276 g/mol. The van der Waals surface area contributed by atoms with Gasteiger partial charge in [0.05, 0.1) is 11.1 Å². The topological polar surface area (TPSA) is 130 Å². The van der Waals surface area contributed by atoms with Crippen molar-refractivity contribution in [3.63, 3.8) is 0 Å². The molecular formula is C14H18N2O5. The van der Waals surface area contributed by atoms with E-state index in [4.69, 9.17) is 15.9 Å². The number of hydrogen-bond donors (Lipinski definition) is 4. The second-order valence-corrected chi connectivity index (χ2v) is 4.73. The third kappa shape index (κ3) is 4.88. The number of carbonyl (C=O) groups excluding carboxylic acids is 1. The summed E-state index contributed by atoms with van der Waals surface area (Å²) >= 11 is 0. The van der Waals surface area contributed by atoms with Crippen LogP contribution in [-0.4, -0.2) is 34.6 Å². The van der Waals surface area contributed by atoms with Crippen LogP contribution in [0.5, 0.6) is 0 Å². The lowest BCUT2D eigenvalue weighted by Gasteiger charge is -2.12. The number of benzene rings is 1. The molecule has 0 aromatic heterocycles. The van der Waals surface area contributed by atoms with Crippen LogP contribution >= 0.6 is 0 Å². The van der Waals surface area contributed by atoms with Gasteiger partial charge in [0.2, 0.25) is 5.91 Å². The predicted octanol–water partition coefficient (Wildman–Crippen LogP) is 1.40. The Balaban J connectivity index is 2.94. The molecule has 1 rings (SSSR count). The average Bonchev–Trinajstić information content (AvgIpc) is 2.44. The minimum atomic E-state index is -1.26. The molecule has 0 aliphatic rings. The summed E-state index contributed by atoms with van der Waals surface area (Å²) in [6.07, 6.45) is 1.30. The number of amides is 1. The van der Waals surface area contributed by atoms with Gasteiger partial charge in [0, 0.05) is 11.6 Å². The summed E-state index contributed by atoms with van der Waals surface area (Å²) in [5.74, 6) is -3.12. The van der Waals surface area contributed by atoms with E-state index in [-0.39, 0.29) is 28.6 Å². The zero-order valence-electron chi connectivity index (χ0n) is 11.6. The summed E-state index contributed by atoms with van der Waals surface area (Å²) in [7, 11) is 0. The molecule has 7 heteroatoms. The Kier molecular flexibility index (Phi) is 5.86. The van der Waals surface area contributed by atoms with Gasteiger partial charge in [0.15, 0.2) is 0 Å². The second kappa shape index (κ2) is 7.39. The fraction of sp³-hybridized carbons (Fsp3) is 0.357. The first-order valence-electron chi connectivity index (χ1n) is 6.47. The number of nitrogens with one attached hydrogen (secondary N) is 1. The fourth-order valence-electron chi connectivity index (χ4n) is 1.77. The van der Waals surface area contributed by atoms with E-state index in [0.717, 1.165) is 6.07 Å². The summed E-state index contributed by atoms with van der Waals surface area (Å²) in [6.45, 7) is 2.21. The van der Waals surface area contributed by atoms with Crippen LogP contribution in [0.1, 0.15) is 40.5 Å². The zero-order chi connectivity index (χ0) is 16.0. The Morgan fingerprint density at radius 2 is 1.67 bits per heavy atom. The van der Waals surface area contributed by atoms with Crippen LogP contribution in [0, 0.1) is 5.92 Å². The highest BCUT2D eigenvalue weighted by atomic mass is 16.4. The standard InChI is InChI=1S/C14H18N2O5/c1-8(3-2-4-15)12(17)16-11-6-9(13(18)19)5-10(7-11)14(20)21/h5-8H,2-4,15H2,1H3,(H,16,17)(H,18,19)(H,20,21). The maximum atomic E-state index is 11.9. The highest BCUT2D eigenvalue weighted by Crippen LogP contribution is 2.17. The summed E-state index contributed by atoms with van der Waals surface area (Å²) in [4.78, 5) is 33.9. The molecule has 7 nitrogen and oxygen atoms in total. The molecule has 0 aliphatic carbocycles. The Hall–Kier alpha value is -2.41. The van der Waals surface area contributed by atoms with Crippen LogP contribution in [0.15, 0.2) is 18.2 Å². The van der Waals surface area contributed by atoms with Crippen molar-refractivity contribution in [3.05, 3.63) is 29.3 Å². The molecule has 0 heterocycles. The number of nitrogens with two attached hydrogens (primary N) is 1. The number of carbonyl (C=O) groups is 3. The van der Waals surface area contributed by atoms with Gasteiger partial charge in [0.1, 0.15) is 0 Å². The number of hydrogen-bond acceptors (Lipinski definition) is 4. The molecule has 114 valence electrons. The molecule has 0 spiro atoms. The van der Waals surface area contributed by atoms with Crippen molar-refractivity contribution in [2.45, 2.75) is 19.8 Å². The highest BCUT2D eigenvalue weighted by molar-refractivity contribution is 5.98. The number of rotatable bonds is 7. The lowest BCUT2D eigenvalue weighted by Crippen LogP contribution is -2.21. The first-order valence-corrected chi connectivity index (χ1v) is 6.47. The third-order valence-electron chi connectivity index (χ3n) is 2.98. The Morgan fingerprint density at radius 1 is 1.14 bits per heavy atom. The van der Waals surface area contributed by atoms with Gasteiger partial charge in [-0.2, -0.15) is 0 Å². The van der Waals surface area contributed by atoms with Gasteiger partial charge < -0.3 is 21.3 Å². The Morgan fingerprint density at radius 3 is 2.10 bits per heavy atom. The van der Waals surface area contributed by atoms with Gasteiger partial charge >= 0.3 is 11.9 Å². The van der Waals surface area contributed by atoms with Crippen LogP contribution in [0.2, 0.25) is 0 Å². The minimum absolute atomic E-state index is 0.150. The molecule has 0 saturated carbocycles. The maximum Gasteiger partial charge on any atom is 0.335 e.